The minimum atomic E-state index is -0.194. The molecule has 4 nitrogen and oxygen atoms in total. The molecule has 1 aromatic rings. The molecule has 104 valence electrons. The Morgan fingerprint density at radius 1 is 1.21 bits per heavy atom. The van der Waals surface area contributed by atoms with Gasteiger partial charge in [0.1, 0.15) is 0 Å². The Balaban J connectivity index is 2.03. The zero-order valence-electron chi connectivity index (χ0n) is 11.1. The first kappa shape index (κ1) is 12.8. The third-order valence-corrected chi connectivity index (χ3v) is 4.51. The van der Waals surface area contributed by atoms with Gasteiger partial charge in [-0.15, -0.1) is 0 Å². The van der Waals surface area contributed by atoms with Crippen LogP contribution in [-0.2, 0) is 11.2 Å². The molecule has 1 aliphatic heterocycles. The first-order valence-electron chi connectivity index (χ1n) is 7.07. The van der Waals surface area contributed by atoms with E-state index in [2.05, 4.69) is 0 Å². The van der Waals surface area contributed by atoms with Crippen LogP contribution in [0, 0.1) is 0 Å². The van der Waals surface area contributed by atoms with E-state index in [1.54, 1.807) is 0 Å². The van der Waals surface area contributed by atoms with Crippen molar-refractivity contribution in [3.8, 4) is 11.5 Å². The normalized spacial score (nSPS) is 25.2. The summed E-state index contributed by atoms with van der Waals surface area (Å²) in [6.07, 6.45) is 6.10. The highest BCUT2D eigenvalue weighted by Gasteiger charge is 2.41. The molecular formula is C15H21NO3. The van der Waals surface area contributed by atoms with Crippen LogP contribution < -0.4 is 5.73 Å². The van der Waals surface area contributed by atoms with E-state index >= 15 is 0 Å². The fraction of sp³-hybridized carbons (Fsp3) is 0.600. The minimum absolute atomic E-state index is 0.00389. The molecule has 0 saturated heterocycles. The second-order valence-corrected chi connectivity index (χ2v) is 5.76. The number of phenolic OH excluding ortho intramolecular Hbond substituents is 2. The number of hydrogen-bond donors (Lipinski definition) is 3. The van der Waals surface area contributed by atoms with Crippen molar-refractivity contribution in [1.82, 2.24) is 0 Å². The summed E-state index contributed by atoms with van der Waals surface area (Å²) in [5.41, 5.74) is 7.38. The zero-order chi connectivity index (χ0) is 13.5. The van der Waals surface area contributed by atoms with Crippen molar-refractivity contribution in [2.75, 3.05) is 6.54 Å². The SMILES string of the molecule is NC[C@@H]1OC2(CCCCC2)Cc2c1ccc(O)c2O. The Labute approximate surface area is 113 Å². The van der Waals surface area contributed by atoms with Gasteiger partial charge in [-0.25, -0.2) is 0 Å². The van der Waals surface area contributed by atoms with Crippen molar-refractivity contribution in [2.24, 2.45) is 5.73 Å². The molecule has 1 atom stereocenters. The molecule has 1 fully saturated rings. The van der Waals surface area contributed by atoms with Gasteiger partial charge in [0, 0.05) is 18.5 Å². The van der Waals surface area contributed by atoms with Crippen molar-refractivity contribution < 1.29 is 14.9 Å². The molecule has 19 heavy (non-hydrogen) atoms. The molecule has 1 saturated carbocycles. The lowest BCUT2D eigenvalue weighted by Crippen LogP contribution is -2.43. The van der Waals surface area contributed by atoms with Crippen LogP contribution in [0.1, 0.15) is 49.3 Å². The molecule has 1 heterocycles. The highest BCUT2D eigenvalue weighted by atomic mass is 16.5. The molecule has 2 aliphatic rings. The number of fused-ring (bicyclic) bond motifs is 1. The molecule has 0 unspecified atom stereocenters. The molecule has 0 bridgehead atoms. The average Bonchev–Trinajstić information content (AvgIpc) is 2.43. The highest BCUT2D eigenvalue weighted by Crippen LogP contribution is 2.47. The lowest BCUT2D eigenvalue weighted by atomic mass is 9.76. The van der Waals surface area contributed by atoms with Crippen molar-refractivity contribution in [2.45, 2.75) is 50.2 Å². The van der Waals surface area contributed by atoms with Gasteiger partial charge in [-0.1, -0.05) is 25.3 Å². The predicted octanol–water partition coefficient (Wildman–Crippen LogP) is 2.37. The maximum atomic E-state index is 10.1. The molecule has 0 radical (unpaired) electrons. The van der Waals surface area contributed by atoms with Crippen molar-refractivity contribution in [3.63, 3.8) is 0 Å². The monoisotopic (exact) mass is 263 g/mol. The molecular weight excluding hydrogens is 242 g/mol. The van der Waals surface area contributed by atoms with Crippen LogP contribution in [0.25, 0.3) is 0 Å². The molecule has 3 rings (SSSR count). The predicted molar refractivity (Wildman–Crippen MR) is 72.2 cm³/mol. The van der Waals surface area contributed by atoms with E-state index in [0.29, 0.717) is 13.0 Å². The van der Waals surface area contributed by atoms with Gasteiger partial charge in [0.2, 0.25) is 0 Å². The van der Waals surface area contributed by atoms with Gasteiger partial charge in [0.05, 0.1) is 11.7 Å². The van der Waals surface area contributed by atoms with Crippen LogP contribution in [0.5, 0.6) is 11.5 Å². The van der Waals surface area contributed by atoms with E-state index < -0.39 is 0 Å². The van der Waals surface area contributed by atoms with E-state index in [1.807, 2.05) is 6.07 Å². The standard InChI is InChI=1S/C15H21NO3/c16-9-13-10-4-5-12(17)14(18)11(10)8-15(19-13)6-2-1-3-7-15/h4-5,13,17-18H,1-3,6-9,16H2/t13-/m0/s1. The Morgan fingerprint density at radius 2 is 1.95 bits per heavy atom. The number of ether oxygens (including phenoxy) is 1. The highest BCUT2D eigenvalue weighted by molar-refractivity contribution is 5.51. The van der Waals surface area contributed by atoms with Crippen LogP contribution in [0.4, 0.5) is 0 Å². The van der Waals surface area contributed by atoms with Crippen LogP contribution in [0.15, 0.2) is 12.1 Å². The zero-order valence-corrected chi connectivity index (χ0v) is 11.1. The maximum absolute atomic E-state index is 10.1. The second-order valence-electron chi connectivity index (χ2n) is 5.76. The van der Waals surface area contributed by atoms with E-state index in [9.17, 15) is 10.2 Å². The molecule has 0 amide bonds. The minimum Gasteiger partial charge on any atom is -0.504 e. The number of hydrogen-bond acceptors (Lipinski definition) is 4. The van der Waals surface area contributed by atoms with Gasteiger partial charge in [-0.2, -0.15) is 0 Å². The van der Waals surface area contributed by atoms with Crippen LogP contribution in [-0.4, -0.2) is 22.4 Å². The topological polar surface area (TPSA) is 75.7 Å². The van der Waals surface area contributed by atoms with Gasteiger partial charge in [-0.3, -0.25) is 0 Å². The molecule has 1 aliphatic carbocycles. The van der Waals surface area contributed by atoms with Gasteiger partial charge < -0.3 is 20.7 Å². The maximum Gasteiger partial charge on any atom is 0.161 e. The molecule has 1 aromatic carbocycles. The largest absolute Gasteiger partial charge is 0.504 e. The number of rotatable bonds is 1. The lowest BCUT2D eigenvalue weighted by molar-refractivity contribution is -0.123. The van der Waals surface area contributed by atoms with E-state index in [-0.39, 0.29) is 23.2 Å². The van der Waals surface area contributed by atoms with E-state index in [1.165, 1.54) is 12.5 Å². The first-order valence-corrected chi connectivity index (χ1v) is 7.07. The molecule has 4 heteroatoms. The summed E-state index contributed by atoms with van der Waals surface area (Å²) < 4.78 is 6.27. The van der Waals surface area contributed by atoms with Crippen molar-refractivity contribution >= 4 is 0 Å². The summed E-state index contributed by atoms with van der Waals surface area (Å²) in [6, 6.07) is 3.33. The molecule has 1 spiro atoms. The van der Waals surface area contributed by atoms with Crippen molar-refractivity contribution in [3.05, 3.63) is 23.3 Å². The Kier molecular flexibility index (Phi) is 3.15. The summed E-state index contributed by atoms with van der Waals surface area (Å²) in [7, 11) is 0. The van der Waals surface area contributed by atoms with E-state index in [4.69, 9.17) is 10.5 Å². The fourth-order valence-electron chi connectivity index (χ4n) is 3.52. The lowest BCUT2D eigenvalue weighted by Gasteiger charge is -2.44. The third kappa shape index (κ3) is 2.09. The number of benzene rings is 1. The smallest absolute Gasteiger partial charge is 0.161 e. The number of aromatic hydroxyl groups is 2. The first-order chi connectivity index (χ1) is 9.15. The van der Waals surface area contributed by atoms with Gasteiger partial charge in [-0.05, 0) is 24.5 Å². The summed E-state index contributed by atoms with van der Waals surface area (Å²) >= 11 is 0. The van der Waals surface area contributed by atoms with Crippen LogP contribution in [0.3, 0.4) is 0 Å². The summed E-state index contributed by atoms with van der Waals surface area (Å²) in [5.74, 6) is -0.0495. The average molecular weight is 263 g/mol. The van der Waals surface area contributed by atoms with Crippen LogP contribution in [0.2, 0.25) is 0 Å². The van der Waals surface area contributed by atoms with Gasteiger partial charge >= 0.3 is 0 Å². The number of phenols is 2. The fourth-order valence-corrected chi connectivity index (χ4v) is 3.52. The molecule has 0 aromatic heterocycles. The Morgan fingerprint density at radius 3 is 2.63 bits per heavy atom. The summed E-state index contributed by atoms with van der Waals surface area (Å²) in [6.45, 7) is 0.402. The summed E-state index contributed by atoms with van der Waals surface area (Å²) in [4.78, 5) is 0. The second kappa shape index (κ2) is 4.69. The quantitative estimate of drug-likeness (QED) is 0.680. The van der Waals surface area contributed by atoms with Gasteiger partial charge in [0.15, 0.2) is 11.5 Å². The summed E-state index contributed by atoms with van der Waals surface area (Å²) in [5, 5.41) is 19.8. The third-order valence-electron chi connectivity index (χ3n) is 4.51. The van der Waals surface area contributed by atoms with E-state index in [0.717, 1.165) is 36.8 Å². The van der Waals surface area contributed by atoms with Gasteiger partial charge in [0.25, 0.3) is 0 Å². The molecule has 4 N–H and O–H groups in total. The Bertz CT molecular complexity index is 481. The van der Waals surface area contributed by atoms with Crippen molar-refractivity contribution in [1.29, 1.82) is 0 Å². The Hall–Kier alpha value is -1.26. The van der Waals surface area contributed by atoms with Crippen LogP contribution >= 0.6 is 0 Å². The number of nitrogens with two attached hydrogens (primary N) is 1.